The number of nitro groups is 1. The van der Waals surface area contributed by atoms with Crippen LogP contribution in [0.4, 0.5) is 11.5 Å². The fourth-order valence-electron chi connectivity index (χ4n) is 1.10. The number of aromatic nitrogens is 1. The number of aliphatic hydroxyl groups is 1. The summed E-state index contributed by atoms with van der Waals surface area (Å²) < 4.78 is 0. The maximum absolute atomic E-state index is 10.4. The fraction of sp³-hybridized carbons (Fsp3) is 0.500. The number of hydrogen-bond acceptors (Lipinski definition) is 5. The van der Waals surface area contributed by atoms with Gasteiger partial charge < -0.3 is 10.0 Å². The molecule has 0 bridgehead atoms. The summed E-state index contributed by atoms with van der Waals surface area (Å²) in [6.07, 6.45) is 1.21. The Morgan fingerprint density at radius 3 is 2.56 bits per heavy atom. The van der Waals surface area contributed by atoms with E-state index in [0.29, 0.717) is 5.82 Å². The van der Waals surface area contributed by atoms with Gasteiger partial charge in [0.2, 0.25) is 0 Å². The molecule has 0 aliphatic heterocycles. The highest BCUT2D eigenvalue weighted by Gasteiger charge is 2.23. The molecule has 0 saturated heterocycles. The number of nitrogens with zero attached hydrogens (tertiary/aromatic N) is 3. The zero-order chi connectivity index (χ0) is 12.3. The van der Waals surface area contributed by atoms with Gasteiger partial charge in [-0.25, -0.2) is 4.98 Å². The number of aliphatic hydroxyl groups excluding tert-OH is 1. The molecule has 0 aliphatic rings. The third kappa shape index (κ3) is 2.46. The molecule has 1 aromatic heterocycles. The topological polar surface area (TPSA) is 79.5 Å². The minimum atomic E-state index is -0.492. The van der Waals surface area contributed by atoms with Gasteiger partial charge in [-0.1, -0.05) is 0 Å². The Balaban J connectivity index is 2.94. The first kappa shape index (κ1) is 12.4. The van der Waals surface area contributed by atoms with Crippen LogP contribution in [0, 0.1) is 10.1 Å². The van der Waals surface area contributed by atoms with Crippen LogP contribution in [0.25, 0.3) is 0 Å². The van der Waals surface area contributed by atoms with Gasteiger partial charge in [-0.2, -0.15) is 0 Å². The van der Waals surface area contributed by atoms with Crippen molar-refractivity contribution in [1.29, 1.82) is 0 Å². The first-order valence-corrected chi connectivity index (χ1v) is 4.83. The standard InChI is InChI=1S/C10H15N3O3/c1-10(2,7-14)12(3)9-5-4-8(6-11-9)13(15)16/h4-6,14H,7H2,1-3H3. The van der Waals surface area contributed by atoms with Gasteiger partial charge in [-0.3, -0.25) is 10.1 Å². The van der Waals surface area contributed by atoms with E-state index in [-0.39, 0.29) is 12.3 Å². The summed E-state index contributed by atoms with van der Waals surface area (Å²) in [6.45, 7) is 3.69. The van der Waals surface area contributed by atoms with Gasteiger partial charge in [-0.15, -0.1) is 0 Å². The van der Waals surface area contributed by atoms with E-state index in [1.54, 1.807) is 18.0 Å². The summed E-state index contributed by atoms with van der Waals surface area (Å²) in [4.78, 5) is 15.7. The van der Waals surface area contributed by atoms with E-state index >= 15 is 0 Å². The average molecular weight is 225 g/mol. The van der Waals surface area contributed by atoms with Crippen molar-refractivity contribution in [2.75, 3.05) is 18.6 Å². The van der Waals surface area contributed by atoms with Gasteiger partial charge in [0.05, 0.1) is 17.1 Å². The second-order valence-electron chi connectivity index (χ2n) is 4.16. The lowest BCUT2D eigenvalue weighted by atomic mass is 10.1. The van der Waals surface area contributed by atoms with E-state index in [2.05, 4.69) is 4.98 Å². The third-order valence-corrected chi connectivity index (χ3v) is 2.58. The van der Waals surface area contributed by atoms with Crippen molar-refractivity contribution in [1.82, 2.24) is 4.98 Å². The summed E-state index contributed by atoms with van der Waals surface area (Å²) in [5, 5.41) is 19.6. The quantitative estimate of drug-likeness (QED) is 0.615. The molecule has 0 aromatic carbocycles. The summed E-state index contributed by atoms with van der Waals surface area (Å²) in [7, 11) is 1.78. The smallest absolute Gasteiger partial charge is 0.287 e. The van der Waals surface area contributed by atoms with Gasteiger partial charge in [0, 0.05) is 13.1 Å². The SMILES string of the molecule is CN(c1ccc([N+](=O)[O-])cn1)C(C)(C)CO. The van der Waals surface area contributed by atoms with Crippen molar-refractivity contribution in [2.45, 2.75) is 19.4 Å². The van der Waals surface area contributed by atoms with Gasteiger partial charge >= 0.3 is 0 Å². The number of pyridine rings is 1. The Morgan fingerprint density at radius 2 is 2.19 bits per heavy atom. The normalized spacial score (nSPS) is 11.2. The lowest BCUT2D eigenvalue weighted by Crippen LogP contribution is -2.44. The van der Waals surface area contributed by atoms with Crippen molar-refractivity contribution < 1.29 is 10.0 Å². The Labute approximate surface area is 93.7 Å². The molecular formula is C10H15N3O3. The highest BCUT2D eigenvalue weighted by Crippen LogP contribution is 2.21. The van der Waals surface area contributed by atoms with Crippen LogP contribution < -0.4 is 4.90 Å². The first-order chi connectivity index (χ1) is 7.38. The highest BCUT2D eigenvalue weighted by molar-refractivity contribution is 5.44. The molecule has 1 rings (SSSR count). The van der Waals surface area contributed by atoms with Crippen LogP contribution in [-0.2, 0) is 0 Å². The van der Waals surface area contributed by atoms with Crippen LogP contribution in [0.3, 0.4) is 0 Å². The zero-order valence-corrected chi connectivity index (χ0v) is 9.54. The Bertz CT molecular complexity index is 375. The lowest BCUT2D eigenvalue weighted by molar-refractivity contribution is -0.385. The minimum absolute atomic E-state index is 0.0256. The number of likely N-dealkylation sites (N-methyl/N-ethyl adjacent to an activating group) is 1. The van der Waals surface area contributed by atoms with E-state index < -0.39 is 10.5 Å². The van der Waals surface area contributed by atoms with Gasteiger partial charge in [0.1, 0.15) is 12.0 Å². The molecule has 1 N–H and O–H groups in total. The highest BCUT2D eigenvalue weighted by atomic mass is 16.6. The molecule has 1 aromatic rings. The Kier molecular flexibility index (Phi) is 3.44. The van der Waals surface area contributed by atoms with E-state index in [9.17, 15) is 15.2 Å². The summed E-state index contributed by atoms with van der Waals surface area (Å²) >= 11 is 0. The molecule has 0 unspecified atom stereocenters. The van der Waals surface area contributed by atoms with Gasteiger partial charge in [-0.05, 0) is 19.9 Å². The molecule has 0 aliphatic carbocycles. The van der Waals surface area contributed by atoms with E-state index in [0.717, 1.165) is 0 Å². The molecule has 0 fully saturated rings. The molecule has 16 heavy (non-hydrogen) atoms. The van der Waals surface area contributed by atoms with E-state index in [1.807, 2.05) is 13.8 Å². The maximum atomic E-state index is 10.4. The predicted octanol–water partition coefficient (Wildman–Crippen LogP) is 1.20. The number of rotatable bonds is 4. The molecule has 0 spiro atoms. The van der Waals surface area contributed by atoms with Crippen molar-refractivity contribution in [2.24, 2.45) is 0 Å². The number of anilines is 1. The van der Waals surface area contributed by atoms with Gasteiger partial charge in [0.25, 0.3) is 5.69 Å². The fourth-order valence-corrected chi connectivity index (χ4v) is 1.10. The second kappa shape index (κ2) is 4.44. The van der Waals surface area contributed by atoms with Crippen LogP contribution in [-0.4, -0.2) is 34.2 Å². The predicted molar refractivity (Wildman–Crippen MR) is 60.5 cm³/mol. The Morgan fingerprint density at radius 1 is 1.56 bits per heavy atom. The van der Waals surface area contributed by atoms with Crippen molar-refractivity contribution in [3.63, 3.8) is 0 Å². The maximum Gasteiger partial charge on any atom is 0.287 e. The molecule has 6 heteroatoms. The van der Waals surface area contributed by atoms with Crippen LogP contribution in [0.1, 0.15) is 13.8 Å². The van der Waals surface area contributed by atoms with Gasteiger partial charge in [0.15, 0.2) is 0 Å². The van der Waals surface area contributed by atoms with Crippen LogP contribution in [0.2, 0.25) is 0 Å². The lowest BCUT2D eigenvalue weighted by Gasteiger charge is -2.34. The molecule has 88 valence electrons. The summed E-state index contributed by atoms with van der Waals surface area (Å²) in [5.74, 6) is 0.588. The summed E-state index contributed by atoms with van der Waals surface area (Å²) in [5.41, 5.74) is -0.498. The van der Waals surface area contributed by atoms with Crippen molar-refractivity contribution in [3.05, 3.63) is 28.4 Å². The van der Waals surface area contributed by atoms with Crippen molar-refractivity contribution in [3.8, 4) is 0 Å². The molecule has 0 radical (unpaired) electrons. The minimum Gasteiger partial charge on any atom is -0.394 e. The zero-order valence-electron chi connectivity index (χ0n) is 9.54. The molecule has 0 amide bonds. The molecule has 1 heterocycles. The number of hydrogen-bond donors (Lipinski definition) is 1. The van der Waals surface area contributed by atoms with Crippen LogP contribution >= 0.6 is 0 Å². The second-order valence-corrected chi connectivity index (χ2v) is 4.16. The molecule has 0 saturated carbocycles. The van der Waals surface area contributed by atoms with E-state index in [4.69, 9.17) is 0 Å². The first-order valence-electron chi connectivity index (χ1n) is 4.83. The summed E-state index contributed by atoms with van der Waals surface area (Å²) in [6, 6.07) is 2.96. The molecule has 6 nitrogen and oxygen atoms in total. The monoisotopic (exact) mass is 225 g/mol. The van der Waals surface area contributed by atoms with Crippen molar-refractivity contribution >= 4 is 11.5 Å². The molecular weight excluding hydrogens is 210 g/mol. The van der Waals surface area contributed by atoms with E-state index in [1.165, 1.54) is 12.3 Å². The average Bonchev–Trinajstić information content (AvgIpc) is 2.28. The molecule has 0 atom stereocenters. The Hall–Kier alpha value is -1.69. The largest absolute Gasteiger partial charge is 0.394 e. The van der Waals surface area contributed by atoms with Crippen LogP contribution in [0.15, 0.2) is 18.3 Å². The third-order valence-electron chi connectivity index (χ3n) is 2.58. The van der Waals surface area contributed by atoms with Crippen LogP contribution in [0.5, 0.6) is 0 Å².